The number of rotatable bonds is 8. The topological polar surface area (TPSA) is 64.7 Å². The smallest absolute Gasteiger partial charge is 0.317 e. The van der Waals surface area contributed by atoms with Crippen molar-refractivity contribution in [2.75, 3.05) is 26.7 Å². The van der Waals surface area contributed by atoms with Gasteiger partial charge in [-0.3, -0.25) is 9.69 Å². The van der Waals surface area contributed by atoms with E-state index in [1.54, 1.807) is 11.9 Å². The van der Waals surface area contributed by atoms with Crippen molar-refractivity contribution >= 4 is 11.9 Å². The molecule has 166 valence electrons. The van der Waals surface area contributed by atoms with Crippen LogP contribution in [0.15, 0.2) is 54.6 Å². The van der Waals surface area contributed by atoms with Crippen molar-refractivity contribution in [2.45, 2.75) is 45.3 Å². The number of benzene rings is 2. The van der Waals surface area contributed by atoms with E-state index >= 15 is 0 Å². The minimum Gasteiger partial charge on any atom is -0.353 e. The van der Waals surface area contributed by atoms with Gasteiger partial charge in [0, 0.05) is 52.2 Å². The van der Waals surface area contributed by atoms with Crippen LogP contribution in [-0.4, -0.2) is 54.5 Å². The second-order valence-electron chi connectivity index (χ2n) is 8.37. The molecule has 0 aliphatic carbocycles. The summed E-state index contributed by atoms with van der Waals surface area (Å²) in [5.74, 6) is 0.00312. The van der Waals surface area contributed by atoms with E-state index in [0.29, 0.717) is 19.5 Å². The van der Waals surface area contributed by atoms with E-state index in [9.17, 15) is 9.59 Å². The number of carbonyl (C=O) groups excluding carboxylic acids is 2. The van der Waals surface area contributed by atoms with Gasteiger partial charge in [-0.25, -0.2) is 4.79 Å². The predicted octanol–water partition coefficient (Wildman–Crippen LogP) is 3.31. The summed E-state index contributed by atoms with van der Waals surface area (Å²) in [7, 11) is 1.76. The van der Waals surface area contributed by atoms with Crippen LogP contribution in [0.1, 0.15) is 36.0 Å². The van der Waals surface area contributed by atoms with Gasteiger partial charge in [-0.15, -0.1) is 0 Å². The maximum atomic E-state index is 12.3. The molecule has 31 heavy (non-hydrogen) atoms. The number of likely N-dealkylation sites (tertiary alicyclic amines) is 1. The number of hydrogen-bond acceptors (Lipinski definition) is 3. The average molecular weight is 423 g/mol. The second kappa shape index (κ2) is 11.5. The summed E-state index contributed by atoms with van der Waals surface area (Å²) >= 11 is 0. The number of piperidine rings is 1. The Bertz CT molecular complexity index is 848. The van der Waals surface area contributed by atoms with Gasteiger partial charge < -0.3 is 15.5 Å². The second-order valence-corrected chi connectivity index (χ2v) is 8.37. The minimum absolute atomic E-state index is 0.00312. The number of aryl methyl sites for hydroxylation is 1. The fourth-order valence-electron chi connectivity index (χ4n) is 3.91. The monoisotopic (exact) mass is 422 g/mol. The van der Waals surface area contributed by atoms with Crippen LogP contribution in [0.2, 0.25) is 0 Å². The molecule has 1 saturated heterocycles. The molecule has 0 atom stereocenters. The van der Waals surface area contributed by atoms with Gasteiger partial charge in [0.25, 0.3) is 0 Å². The summed E-state index contributed by atoms with van der Waals surface area (Å²) in [4.78, 5) is 28.6. The Balaban J connectivity index is 1.30. The molecule has 3 rings (SSSR count). The largest absolute Gasteiger partial charge is 0.353 e. The zero-order valence-corrected chi connectivity index (χ0v) is 18.6. The molecule has 3 amide bonds. The van der Waals surface area contributed by atoms with Crippen LogP contribution in [0, 0.1) is 6.92 Å². The molecule has 2 aromatic carbocycles. The van der Waals surface area contributed by atoms with E-state index in [1.165, 1.54) is 11.1 Å². The van der Waals surface area contributed by atoms with E-state index in [1.807, 2.05) is 30.3 Å². The van der Waals surface area contributed by atoms with Crippen molar-refractivity contribution < 1.29 is 9.59 Å². The van der Waals surface area contributed by atoms with Crippen LogP contribution in [0.3, 0.4) is 0 Å². The lowest BCUT2D eigenvalue weighted by Crippen LogP contribution is -2.45. The molecule has 1 heterocycles. The third-order valence-electron chi connectivity index (χ3n) is 5.85. The van der Waals surface area contributed by atoms with Gasteiger partial charge in [-0.1, -0.05) is 54.6 Å². The molecule has 0 saturated carbocycles. The number of carbonyl (C=O) groups is 2. The maximum absolute atomic E-state index is 12.3. The Morgan fingerprint density at radius 3 is 2.42 bits per heavy atom. The summed E-state index contributed by atoms with van der Waals surface area (Å²) in [6.45, 7) is 5.98. The highest BCUT2D eigenvalue weighted by Gasteiger charge is 2.21. The van der Waals surface area contributed by atoms with Gasteiger partial charge in [0.15, 0.2) is 0 Å². The van der Waals surface area contributed by atoms with E-state index in [-0.39, 0.29) is 18.0 Å². The molecule has 1 fully saturated rings. The zero-order chi connectivity index (χ0) is 22.1. The van der Waals surface area contributed by atoms with Crippen molar-refractivity contribution in [1.82, 2.24) is 20.4 Å². The molecule has 1 aliphatic heterocycles. The first kappa shape index (κ1) is 22.8. The van der Waals surface area contributed by atoms with E-state index in [4.69, 9.17) is 0 Å². The zero-order valence-electron chi connectivity index (χ0n) is 18.6. The fourth-order valence-corrected chi connectivity index (χ4v) is 3.91. The summed E-state index contributed by atoms with van der Waals surface area (Å²) in [5, 5.41) is 5.96. The molecule has 2 N–H and O–H groups in total. The Morgan fingerprint density at radius 1 is 1.03 bits per heavy atom. The van der Waals surface area contributed by atoms with Crippen LogP contribution in [-0.2, 0) is 17.9 Å². The summed E-state index contributed by atoms with van der Waals surface area (Å²) in [6.07, 6.45) is 2.22. The number of nitrogens with zero attached hydrogens (tertiary/aromatic N) is 2. The summed E-state index contributed by atoms with van der Waals surface area (Å²) < 4.78 is 0. The normalized spacial score (nSPS) is 14.8. The van der Waals surface area contributed by atoms with Gasteiger partial charge in [0.1, 0.15) is 0 Å². The Labute approximate surface area is 185 Å². The highest BCUT2D eigenvalue weighted by atomic mass is 16.2. The number of nitrogens with one attached hydrogen (secondary N) is 2. The Kier molecular flexibility index (Phi) is 8.47. The van der Waals surface area contributed by atoms with Crippen molar-refractivity contribution in [2.24, 2.45) is 0 Å². The summed E-state index contributed by atoms with van der Waals surface area (Å²) in [5.41, 5.74) is 3.78. The summed E-state index contributed by atoms with van der Waals surface area (Å²) in [6, 6.07) is 18.4. The first-order valence-corrected chi connectivity index (χ1v) is 11.1. The SMILES string of the molecule is Cc1ccccc1CN1CCC(NC(=O)CCNC(=O)N(C)Cc2ccccc2)CC1. The van der Waals surface area contributed by atoms with Crippen LogP contribution in [0.25, 0.3) is 0 Å². The molecule has 0 aromatic heterocycles. The molecular formula is C25H34N4O2. The number of urea groups is 1. The molecule has 2 aromatic rings. The highest BCUT2D eigenvalue weighted by molar-refractivity contribution is 5.78. The van der Waals surface area contributed by atoms with Gasteiger partial charge in [-0.2, -0.15) is 0 Å². The first-order chi connectivity index (χ1) is 15.0. The molecular weight excluding hydrogens is 388 g/mol. The van der Waals surface area contributed by atoms with E-state index < -0.39 is 0 Å². The van der Waals surface area contributed by atoms with Crippen molar-refractivity contribution in [3.63, 3.8) is 0 Å². The lowest BCUT2D eigenvalue weighted by atomic mass is 10.0. The highest BCUT2D eigenvalue weighted by Crippen LogP contribution is 2.16. The third-order valence-corrected chi connectivity index (χ3v) is 5.85. The van der Waals surface area contributed by atoms with Gasteiger partial charge in [-0.05, 0) is 36.5 Å². The Hall–Kier alpha value is -2.86. The molecule has 0 radical (unpaired) electrons. The minimum atomic E-state index is -0.166. The first-order valence-electron chi connectivity index (χ1n) is 11.1. The van der Waals surface area contributed by atoms with Gasteiger partial charge in [0.2, 0.25) is 5.91 Å². The van der Waals surface area contributed by atoms with Crippen LogP contribution < -0.4 is 10.6 Å². The number of amides is 3. The van der Waals surface area contributed by atoms with Crippen molar-refractivity contribution in [1.29, 1.82) is 0 Å². The lowest BCUT2D eigenvalue weighted by Gasteiger charge is -2.32. The predicted molar refractivity (Wildman–Crippen MR) is 124 cm³/mol. The van der Waals surface area contributed by atoms with Gasteiger partial charge >= 0.3 is 6.03 Å². The molecule has 6 nitrogen and oxygen atoms in total. The molecule has 0 spiro atoms. The lowest BCUT2D eigenvalue weighted by molar-refractivity contribution is -0.122. The Morgan fingerprint density at radius 2 is 1.71 bits per heavy atom. The maximum Gasteiger partial charge on any atom is 0.317 e. The molecule has 1 aliphatic rings. The average Bonchev–Trinajstić information content (AvgIpc) is 2.77. The van der Waals surface area contributed by atoms with Gasteiger partial charge in [0.05, 0.1) is 0 Å². The van der Waals surface area contributed by atoms with E-state index in [2.05, 4.69) is 46.7 Å². The molecule has 0 bridgehead atoms. The standard InChI is InChI=1S/C25H34N4O2/c1-20-8-6-7-11-22(20)19-29-16-13-23(14-17-29)27-24(30)12-15-26-25(31)28(2)18-21-9-4-3-5-10-21/h3-11,23H,12-19H2,1-2H3,(H,26,31)(H,27,30). The van der Waals surface area contributed by atoms with Crippen LogP contribution in [0.4, 0.5) is 4.79 Å². The third kappa shape index (κ3) is 7.40. The quantitative estimate of drug-likeness (QED) is 0.686. The van der Waals surface area contributed by atoms with E-state index in [0.717, 1.165) is 38.0 Å². The van der Waals surface area contributed by atoms with Crippen molar-refractivity contribution in [3.05, 3.63) is 71.3 Å². The van der Waals surface area contributed by atoms with Crippen LogP contribution >= 0.6 is 0 Å². The number of hydrogen-bond donors (Lipinski definition) is 2. The van der Waals surface area contributed by atoms with Crippen molar-refractivity contribution in [3.8, 4) is 0 Å². The molecule has 0 unspecified atom stereocenters. The fraction of sp³-hybridized carbons (Fsp3) is 0.440. The van der Waals surface area contributed by atoms with Crippen LogP contribution in [0.5, 0.6) is 0 Å². The molecule has 6 heteroatoms.